The van der Waals surface area contributed by atoms with Crippen molar-refractivity contribution >= 4 is 11.6 Å². The lowest BCUT2D eigenvalue weighted by Crippen LogP contribution is -1.96. The predicted molar refractivity (Wildman–Crippen MR) is 59.2 cm³/mol. The van der Waals surface area contributed by atoms with Gasteiger partial charge in [-0.05, 0) is 36.8 Å². The molecule has 1 nitrogen and oxygen atoms in total. The molecule has 14 heavy (non-hydrogen) atoms. The molecule has 0 bridgehead atoms. The molecular formula is C12H15ClO. The van der Waals surface area contributed by atoms with E-state index >= 15 is 0 Å². The molecule has 2 heteroatoms. The Morgan fingerprint density at radius 2 is 2.21 bits per heavy atom. The van der Waals surface area contributed by atoms with Crippen molar-refractivity contribution in [3.05, 3.63) is 29.8 Å². The number of benzene rings is 1. The summed E-state index contributed by atoms with van der Waals surface area (Å²) in [5.74, 6) is 3.10. The number of para-hydroxylation sites is 1. The molecule has 1 aromatic carbocycles. The van der Waals surface area contributed by atoms with Gasteiger partial charge in [0.25, 0.3) is 0 Å². The van der Waals surface area contributed by atoms with Crippen molar-refractivity contribution in [2.24, 2.45) is 5.92 Å². The second kappa shape index (κ2) is 4.22. The molecule has 2 rings (SSSR count). The van der Waals surface area contributed by atoms with Crippen LogP contribution in [0.4, 0.5) is 0 Å². The summed E-state index contributed by atoms with van der Waals surface area (Å²) in [6.45, 7) is 2.75. The van der Waals surface area contributed by atoms with Crippen molar-refractivity contribution in [2.75, 3.05) is 12.5 Å². The van der Waals surface area contributed by atoms with Gasteiger partial charge in [-0.15, -0.1) is 11.6 Å². The van der Waals surface area contributed by atoms with Gasteiger partial charge in [0, 0.05) is 5.88 Å². The van der Waals surface area contributed by atoms with Crippen LogP contribution in [0.3, 0.4) is 0 Å². The maximum absolute atomic E-state index is 5.83. The molecule has 1 saturated carbocycles. The number of halogens is 1. The second-order valence-electron chi connectivity index (χ2n) is 3.73. The number of rotatable bonds is 4. The normalized spacial score (nSPS) is 24.7. The average molecular weight is 211 g/mol. The van der Waals surface area contributed by atoms with Crippen molar-refractivity contribution in [2.45, 2.75) is 19.3 Å². The molecule has 0 aromatic heterocycles. The highest BCUT2D eigenvalue weighted by molar-refractivity contribution is 6.18. The van der Waals surface area contributed by atoms with E-state index in [4.69, 9.17) is 16.3 Å². The van der Waals surface area contributed by atoms with Gasteiger partial charge in [0.05, 0.1) is 6.61 Å². The number of alkyl halides is 1. The maximum Gasteiger partial charge on any atom is 0.122 e. The molecule has 0 N–H and O–H groups in total. The van der Waals surface area contributed by atoms with E-state index in [2.05, 4.69) is 12.1 Å². The third-order valence-electron chi connectivity index (χ3n) is 2.74. The minimum Gasteiger partial charge on any atom is -0.494 e. The molecule has 2 atom stereocenters. The van der Waals surface area contributed by atoms with E-state index in [0.717, 1.165) is 18.2 Å². The Morgan fingerprint density at radius 3 is 2.86 bits per heavy atom. The van der Waals surface area contributed by atoms with Crippen LogP contribution in [0.5, 0.6) is 5.75 Å². The summed E-state index contributed by atoms with van der Waals surface area (Å²) in [5.41, 5.74) is 1.33. The summed E-state index contributed by atoms with van der Waals surface area (Å²) in [4.78, 5) is 0. The van der Waals surface area contributed by atoms with Gasteiger partial charge in [0.2, 0.25) is 0 Å². The van der Waals surface area contributed by atoms with Crippen molar-refractivity contribution in [3.63, 3.8) is 0 Å². The van der Waals surface area contributed by atoms with Crippen LogP contribution in [-0.2, 0) is 0 Å². The Morgan fingerprint density at radius 1 is 1.43 bits per heavy atom. The standard InChI is InChI=1S/C12H15ClO/c1-2-14-12-6-4-3-5-10(12)11-7-9(11)8-13/h3-6,9,11H,2,7-8H2,1H3. The summed E-state index contributed by atoms with van der Waals surface area (Å²) in [5, 5.41) is 0. The van der Waals surface area contributed by atoms with Crippen LogP contribution in [0, 0.1) is 5.92 Å². The smallest absolute Gasteiger partial charge is 0.122 e. The summed E-state index contributed by atoms with van der Waals surface area (Å²) >= 11 is 5.83. The minimum atomic E-state index is 0.634. The van der Waals surface area contributed by atoms with Crippen molar-refractivity contribution in [1.29, 1.82) is 0 Å². The fraction of sp³-hybridized carbons (Fsp3) is 0.500. The first-order chi connectivity index (χ1) is 6.86. The van der Waals surface area contributed by atoms with Gasteiger partial charge < -0.3 is 4.74 Å². The highest BCUT2D eigenvalue weighted by atomic mass is 35.5. The molecule has 0 heterocycles. The van der Waals surface area contributed by atoms with E-state index < -0.39 is 0 Å². The molecular weight excluding hydrogens is 196 g/mol. The fourth-order valence-electron chi connectivity index (χ4n) is 1.87. The Kier molecular flexibility index (Phi) is 2.97. The Bertz CT molecular complexity index is 311. The highest BCUT2D eigenvalue weighted by Crippen LogP contribution is 2.50. The van der Waals surface area contributed by atoms with Crippen molar-refractivity contribution in [3.8, 4) is 5.75 Å². The SMILES string of the molecule is CCOc1ccccc1C1CC1CCl. The first-order valence-corrected chi connectivity index (χ1v) is 5.68. The van der Waals surface area contributed by atoms with Crippen LogP contribution in [0.25, 0.3) is 0 Å². The zero-order valence-electron chi connectivity index (χ0n) is 8.37. The van der Waals surface area contributed by atoms with E-state index in [1.165, 1.54) is 12.0 Å². The molecule has 1 aliphatic rings. The topological polar surface area (TPSA) is 9.23 Å². The monoisotopic (exact) mass is 210 g/mol. The van der Waals surface area contributed by atoms with E-state index in [-0.39, 0.29) is 0 Å². The van der Waals surface area contributed by atoms with Gasteiger partial charge in [-0.25, -0.2) is 0 Å². The zero-order valence-corrected chi connectivity index (χ0v) is 9.13. The Balaban J connectivity index is 2.16. The van der Waals surface area contributed by atoms with Gasteiger partial charge in [0.1, 0.15) is 5.75 Å². The van der Waals surface area contributed by atoms with E-state index in [1.807, 2.05) is 19.1 Å². The first kappa shape index (κ1) is 9.85. The Hall–Kier alpha value is -0.690. The largest absolute Gasteiger partial charge is 0.494 e. The van der Waals surface area contributed by atoms with Crippen LogP contribution in [0.1, 0.15) is 24.8 Å². The number of hydrogen-bond acceptors (Lipinski definition) is 1. The minimum absolute atomic E-state index is 0.634. The lowest BCUT2D eigenvalue weighted by atomic mass is 10.1. The van der Waals surface area contributed by atoms with Crippen LogP contribution >= 0.6 is 11.6 Å². The predicted octanol–water partition coefficient (Wildman–Crippen LogP) is 3.43. The van der Waals surface area contributed by atoms with E-state index in [1.54, 1.807) is 0 Å². The summed E-state index contributed by atoms with van der Waals surface area (Å²) < 4.78 is 5.59. The van der Waals surface area contributed by atoms with Crippen LogP contribution in [-0.4, -0.2) is 12.5 Å². The Labute approximate surface area is 90.0 Å². The third-order valence-corrected chi connectivity index (χ3v) is 3.14. The third kappa shape index (κ3) is 1.88. The van der Waals surface area contributed by atoms with Crippen LogP contribution < -0.4 is 4.74 Å². The number of hydrogen-bond donors (Lipinski definition) is 0. The molecule has 1 fully saturated rings. The molecule has 0 amide bonds. The van der Waals surface area contributed by atoms with Crippen LogP contribution in [0.2, 0.25) is 0 Å². The van der Waals surface area contributed by atoms with Crippen LogP contribution in [0.15, 0.2) is 24.3 Å². The highest BCUT2D eigenvalue weighted by Gasteiger charge is 2.38. The van der Waals surface area contributed by atoms with Gasteiger partial charge in [0.15, 0.2) is 0 Å². The molecule has 0 radical (unpaired) electrons. The summed E-state index contributed by atoms with van der Waals surface area (Å²) in [7, 11) is 0. The fourth-order valence-corrected chi connectivity index (χ4v) is 2.21. The quantitative estimate of drug-likeness (QED) is 0.692. The second-order valence-corrected chi connectivity index (χ2v) is 4.04. The van der Waals surface area contributed by atoms with Crippen molar-refractivity contribution in [1.82, 2.24) is 0 Å². The summed E-state index contributed by atoms with van der Waals surface area (Å²) in [6.07, 6.45) is 1.22. The molecule has 2 unspecified atom stereocenters. The van der Waals surface area contributed by atoms with E-state index in [9.17, 15) is 0 Å². The average Bonchev–Trinajstić information content (AvgIpc) is 2.98. The molecule has 1 aliphatic carbocycles. The van der Waals surface area contributed by atoms with E-state index in [0.29, 0.717) is 11.8 Å². The molecule has 0 saturated heterocycles. The zero-order chi connectivity index (χ0) is 9.97. The van der Waals surface area contributed by atoms with Gasteiger partial charge in [-0.2, -0.15) is 0 Å². The molecule has 76 valence electrons. The first-order valence-electron chi connectivity index (χ1n) is 5.14. The van der Waals surface area contributed by atoms with Gasteiger partial charge in [-0.3, -0.25) is 0 Å². The molecule has 0 spiro atoms. The van der Waals surface area contributed by atoms with Gasteiger partial charge in [-0.1, -0.05) is 18.2 Å². The molecule has 0 aliphatic heterocycles. The molecule has 1 aromatic rings. The van der Waals surface area contributed by atoms with Gasteiger partial charge >= 0.3 is 0 Å². The lowest BCUT2D eigenvalue weighted by molar-refractivity contribution is 0.336. The van der Waals surface area contributed by atoms with Crippen molar-refractivity contribution < 1.29 is 4.74 Å². The number of ether oxygens (including phenoxy) is 1. The summed E-state index contributed by atoms with van der Waals surface area (Å²) in [6, 6.07) is 8.29. The maximum atomic E-state index is 5.83. The lowest BCUT2D eigenvalue weighted by Gasteiger charge is -2.08.